The van der Waals surface area contributed by atoms with Crippen molar-refractivity contribution in [2.45, 2.75) is 45.2 Å². The molecule has 1 unspecified atom stereocenters. The molecule has 2 rings (SSSR count). The molecule has 1 saturated heterocycles. The highest BCUT2D eigenvalue weighted by Crippen LogP contribution is 2.27. The van der Waals surface area contributed by atoms with E-state index < -0.39 is 0 Å². The average Bonchev–Trinajstić information content (AvgIpc) is 2.84. The van der Waals surface area contributed by atoms with E-state index in [9.17, 15) is 4.79 Å². The van der Waals surface area contributed by atoms with Gasteiger partial charge < -0.3 is 10.2 Å². The van der Waals surface area contributed by atoms with Crippen LogP contribution in [-0.2, 0) is 4.79 Å². The van der Waals surface area contributed by atoms with E-state index in [-0.39, 0.29) is 18.0 Å². The van der Waals surface area contributed by atoms with E-state index >= 15 is 0 Å². The van der Waals surface area contributed by atoms with Gasteiger partial charge in [-0.15, -0.1) is 11.3 Å². The van der Waals surface area contributed by atoms with Gasteiger partial charge >= 0.3 is 0 Å². The molecule has 0 spiro atoms. The lowest BCUT2D eigenvalue weighted by Gasteiger charge is -2.31. The molecule has 1 N–H and O–H groups in total. The predicted molar refractivity (Wildman–Crippen MR) is 75.9 cm³/mol. The van der Waals surface area contributed by atoms with Crippen molar-refractivity contribution in [1.29, 1.82) is 0 Å². The summed E-state index contributed by atoms with van der Waals surface area (Å²) in [6.07, 6.45) is 3.32. The van der Waals surface area contributed by atoms with Gasteiger partial charge in [-0.25, -0.2) is 0 Å². The normalized spacial score (nSPS) is 21.6. The predicted octanol–water partition coefficient (Wildman–Crippen LogP) is 2.72. The van der Waals surface area contributed by atoms with Gasteiger partial charge in [-0.05, 0) is 45.4 Å². The second-order valence-electron chi connectivity index (χ2n) is 5.08. The fourth-order valence-corrected chi connectivity index (χ4v) is 3.34. The van der Waals surface area contributed by atoms with E-state index in [1.54, 1.807) is 11.3 Å². The minimum Gasteiger partial charge on any atom is -0.337 e. The van der Waals surface area contributed by atoms with Gasteiger partial charge in [0.2, 0.25) is 5.91 Å². The fourth-order valence-electron chi connectivity index (χ4n) is 2.37. The van der Waals surface area contributed by atoms with Crippen molar-refractivity contribution in [2.24, 2.45) is 0 Å². The Kier molecular flexibility index (Phi) is 4.40. The first-order valence-electron chi connectivity index (χ1n) is 6.66. The van der Waals surface area contributed by atoms with E-state index in [2.05, 4.69) is 31.3 Å². The van der Waals surface area contributed by atoms with E-state index in [1.807, 2.05) is 11.9 Å². The summed E-state index contributed by atoms with van der Waals surface area (Å²) < 4.78 is 0. The summed E-state index contributed by atoms with van der Waals surface area (Å²) in [6, 6.07) is 4.43. The van der Waals surface area contributed by atoms with Crippen molar-refractivity contribution in [3.63, 3.8) is 0 Å². The van der Waals surface area contributed by atoms with Crippen LogP contribution in [-0.4, -0.2) is 30.4 Å². The molecule has 0 bridgehead atoms. The molecule has 100 valence electrons. The number of likely N-dealkylation sites (N-methyl/N-ethyl adjacent to an activating group) is 1. The molecule has 1 amide bonds. The number of thiophene rings is 1. The first-order valence-corrected chi connectivity index (χ1v) is 7.47. The zero-order chi connectivity index (χ0) is 13.1. The molecule has 1 fully saturated rings. The SMILES string of the molecule is Cc1ccc(C(C)N(C)C(=O)[C@H]2CCCCN2)s1. The van der Waals surface area contributed by atoms with E-state index in [1.165, 1.54) is 16.2 Å². The molecule has 1 aromatic heterocycles. The molecule has 1 aromatic rings. The largest absolute Gasteiger partial charge is 0.337 e. The summed E-state index contributed by atoms with van der Waals surface area (Å²) in [6.45, 7) is 5.17. The lowest BCUT2D eigenvalue weighted by atomic mass is 10.0. The van der Waals surface area contributed by atoms with Crippen molar-refractivity contribution in [3.05, 3.63) is 21.9 Å². The van der Waals surface area contributed by atoms with E-state index in [4.69, 9.17) is 0 Å². The third kappa shape index (κ3) is 2.93. The summed E-state index contributed by atoms with van der Waals surface area (Å²) in [5.41, 5.74) is 0. The standard InChI is InChI=1S/C14H22N2OS/c1-10-7-8-13(18-10)11(2)16(3)14(17)12-6-4-5-9-15-12/h7-8,11-12,15H,4-6,9H2,1-3H3/t11?,12-/m1/s1. The Morgan fingerprint density at radius 3 is 2.83 bits per heavy atom. The Labute approximate surface area is 113 Å². The monoisotopic (exact) mass is 266 g/mol. The lowest BCUT2D eigenvalue weighted by molar-refractivity contribution is -0.134. The molecular formula is C14H22N2OS. The highest BCUT2D eigenvalue weighted by molar-refractivity contribution is 7.12. The molecule has 2 heterocycles. The zero-order valence-electron chi connectivity index (χ0n) is 11.4. The Balaban J connectivity index is 2.01. The fraction of sp³-hybridized carbons (Fsp3) is 0.643. The summed E-state index contributed by atoms with van der Waals surface area (Å²) in [4.78, 5) is 16.8. The molecule has 3 nitrogen and oxygen atoms in total. The van der Waals surface area contributed by atoms with Gasteiger partial charge in [0.15, 0.2) is 0 Å². The molecule has 0 aromatic carbocycles. The number of piperidine rings is 1. The molecule has 1 aliphatic heterocycles. The second-order valence-corrected chi connectivity index (χ2v) is 6.40. The quantitative estimate of drug-likeness (QED) is 0.912. The number of rotatable bonds is 3. The second kappa shape index (κ2) is 5.85. The minimum atomic E-state index is 0.0206. The molecule has 0 radical (unpaired) electrons. The molecule has 0 saturated carbocycles. The molecule has 2 atom stereocenters. The maximum absolute atomic E-state index is 12.4. The number of nitrogens with zero attached hydrogens (tertiary/aromatic N) is 1. The number of aryl methyl sites for hydroxylation is 1. The van der Waals surface area contributed by atoms with Crippen LogP contribution in [0.1, 0.15) is 42.0 Å². The topological polar surface area (TPSA) is 32.3 Å². The number of amides is 1. The maximum atomic E-state index is 12.4. The van der Waals surface area contributed by atoms with Crippen LogP contribution in [0.4, 0.5) is 0 Å². The molecule has 4 heteroatoms. The number of nitrogens with one attached hydrogen (secondary N) is 1. The van der Waals surface area contributed by atoms with Crippen molar-refractivity contribution in [1.82, 2.24) is 10.2 Å². The smallest absolute Gasteiger partial charge is 0.239 e. The van der Waals surface area contributed by atoms with Crippen molar-refractivity contribution >= 4 is 17.2 Å². The van der Waals surface area contributed by atoms with E-state index in [0.717, 1.165) is 19.4 Å². The third-order valence-corrected chi connectivity index (χ3v) is 4.88. The van der Waals surface area contributed by atoms with Crippen molar-refractivity contribution < 1.29 is 4.79 Å². The van der Waals surface area contributed by atoms with Crippen LogP contribution in [0.2, 0.25) is 0 Å². The Morgan fingerprint density at radius 1 is 1.50 bits per heavy atom. The maximum Gasteiger partial charge on any atom is 0.239 e. The van der Waals surface area contributed by atoms with Gasteiger partial charge in [-0.3, -0.25) is 4.79 Å². The van der Waals surface area contributed by atoms with Gasteiger partial charge in [0.25, 0.3) is 0 Å². The van der Waals surface area contributed by atoms with Gasteiger partial charge in [0, 0.05) is 16.8 Å². The molecule has 18 heavy (non-hydrogen) atoms. The van der Waals surface area contributed by atoms with Crippen LogP contribution in [0.15, 0.2) is 12.1 Å². The molecular weight excluding hydrogens is 244 g/mol. The van der Waals surface area contributed by atoms with Gasteiger partial charge in [-0.2, -0.15) is 0 Å². The van der Waals surface area contributed by atoms with Gasteiger partial charge in [0.05, 0.1) is 12.1 Å². The van der Waals surface area contributed by atoms with Crippen LogP contribution < -0.4 is 5.32 Å². The summed E-state index contributed by atoms with van der Waals surface area (Å²) in [7, 11) is 1.92. The zero-order valence-corrected chi connectivity index (χ0v) is 12.2. The van der Waals surface area contributed by atoms with Crippen LogP contribution in [0.5, 0.6) is 0 Å². The Hall–Kier alpha value is -0.870. The lowest BCUT2D eigenvalue weighted by Crippen LogP contribution is -2.47. The van der Waals surface area contributed by atoms with Crippen molar-refractivity contribution in [2.75, 3.05) is 13.6 Å². The number of hydrogen-bond donors (Lipinski definition) is 1. The number of carbonyl (C=O) groups is 1. The summed E-state index contributed by atoms with van der Waals surface area (Å²) in [5.74, 6) is 0.230. The molecule has 0 aliphatic carbocycles. The van der Waals surface area contributed by atoms with Crippen LogP contribution in [0.25, 0.3) is 0 Å². The highest BCUT2D eigenvalue weighted by atomic mass is 32.1. The third-order valence-electron chi connectivity index (χ3n) is 3.71. The Morgan fingerprint density at radius 2 is 2.28 bits per heavy atom. The first-order chi connectivity index (χ1) is 8.59. The van der Waals surface area contributed by atoms with Crippen LogP contribution >= 0.6 is 11.3 Å². The van der Waals surface area contributed by atoms with Gasteiger partial charge in [-0.1, -0.05) is 6.42 Å². The van der Waals surface area contributed by atoms with Crippen LogP contribution in [0, 0.1) is 6.92 Å². The summed E-state index contributed by atoms with van der Waals surface area (Å²) in [5, 5.41) is 3.32. The van der Waals surface area contributed by atoms with Crippen LogP contribution in [0.3, 0.4) is 0 Å². The minimum absolute atomic E-state index is 0.0206. The Bertz CT molecular complexity index is 410. The first kappa shape index (κ1) is 13.6. The average molecular weight is 266 g/mol. The highest BCUT2D eigenvalue weighted by Gasteiger charge is 2.27. The van der Waals surface area contributed by atoms with Crippen molar-refractivity contribution in [3.8, 4) is 0 Å². The van der Waals surface area contributed by atoms with Gasteiger partial charge in [0.1, 0.15) is 0 Å². The summed E-state index contributed by atoms with van der Waals surface area (Å²) >= 11 is 1.77. The number of hydrogen-bond acceptors (Lipinski definition) is 3. The number of carbonyl (C=O) groups excluding carboxylic acids is 1. The van der Waals surface area contributed by atoms with E-state index in [0.29, 0.717) is 0 Å². The molecule has 1 aliphatic rings.